The van der Waals surface area contributed by atoms with Crippen LogP contribution in [0.15, 0.2) is 91.0 Å². The molecule has 0 bridgehead atoms. The quantitative estimate of drug-likeness (QED) is 0.301. The first-order valence-corrected chi connectivity index (χ1v) is 11.2. The van der Waals surface area contributed by atoms with Crippen LogP contribution in [0.3, 0.4) is 0 Å². The fraction of sp³-hybridized carbons (Fsp3) is 0.250. The summed E-state index contributed by atoms with van der Waals surface area (Å²) in [5, 5.41) is 0. The van der Waals surface area contributed by atoms with Gasteiger partial charge in [0.2, 0.25) is 5.91 Å². The van der Waals surface area contributed by atoms with Crippen LogP contribution in [0.1, 0.15) is 36.6 Å². The van der Waals surface area contributed by atoms with E-state index in [4.69, 9.17) is 9.47 Å². The average Bonchev–Trinajstić information content (AvgIpc) is 2.87. The first-order valence-electron chi connectivity index (χ1n) is 11.2. The predicted octanol–water partition coefficient (Wildman–Crippen LogP) is 4.25. The third-order valence-corrected chi connectivity index (χ3v) is 6.42. The number of likely N-dealkylation sites (tertiary alicyclic amines) is 1. The van der Waals surface area contributed by atoms with Crippen molar-refractivity contribution in [2.24, 2.45) is 5.92 Å². The maximum absolute atomic E-state index is 13.5. The van der Waals surface area contributed by atoms with Crippen LogP contribution in [0.5, 0.6) is 0 Å². The highest BCUT2D eigenvalue weighted by atomic mass is 16.6. The minimum Gasteiger partial charge on any atom is -0.468 e. The topological polar surface area (TPSA) is 72.9 Å². The SMILES string of the molecule is COC(=O)[C@H]1C(=O)N(C(C)c2ccccc2)[C@@H]1C(OC(C)=O)(c1ccccc1)c1ccccc1. The highest BCUT2D eigenvalue weighted by Gasteiger charge is 2.65. The molecule has 3 aromatic carbocycles. The van der Waals surface area contributed by atoms with Crippen LogP contribution < -0.4 is 0 Å². The van der Waals surface area contributed by atoms with E-state index in [0.29, 0.717) is 11.1 Å². The number of methoxy groups -OCH3 is 1. The van der Waals surface area contributed by atoms with Crippen LogP contribution in [0.2, 0.25) is 0 Å². The second kappa shape index (κ2) is 9.51. The van der Waals surface area contributed by atoms with Gasteiger partial charge in [-0.1, -0.05) is 91.0 Å². The average molecular weight is 458 g/mol. The van der Waals surface area contributed by atoms with Crippen molar-refractivity contribution in [1.29, 1.82) is 0 Å². The van der Waals surface area contributed by atoms with Gasteiger partial charge in [-0.3, -0.25) is 14.4 Å². The molecule has 0 aliphatic carbocycles. The van der Waals surface area contributed by atoms with E-state index in [1.165, 1.54) is 14.0 Å². The molecule has 0 N–H and O–H groups in total. The molecule has 3 atom stereocenters. The summed E-state index contributed by atoms with van der Waals surface area (Å²) < 4.78 is 11.2. The number of carbonyl (C=O) groups is 3. The van der Waals surface area contributed by atoms with Crippen molar-refractivity contribution in [1.82, 2.24) is 4.90 Å². The molecule has 1 amide bonds. The lowest BCUT2D eigenvalue weighted by molar-refractivity contribution is -0.200. The van der Waals surface area contributed by atoms with Gasteiger partial charge in [-0.2, -0.15) is 0 Å². The Morgan fingerprint density at radius 2 is 1.32 bits per heavy atom. The molecular weight excluding hydrogens is 430 g/mol. The molecule has 1 aliphatic rings. The van der Waals surface area contributed by atoms with E-state index in [-0.39, 0.29) is 11.9 Å². The van der Waals surface area contributed by atoms with Crippen molar-refractivity contribution in [2.75, 3.05) is 7.11 Å². The number of amides is 1. The van der Waals surface area contributed by atoms with Crippen molar-refractivity contribution in [3.8, 4) is 0 Å². The Morgan fingerprint density at radius 3 is 1.76 bits per heavy atom. The van der Waals surface area contributed by atoms with Crippen LogP contribution in [0, 0.1) is 5.92 Å². The number of ether oxygens (including phenoxy) is 2. The molecule has 1 heterocycles. The summed E-state index contributed by atoms with van der Waals surface area (Å²) in [6, 6.07) is 26.8. The highest BCUT2D eigenvalue weighted by molar-refractivity contribution is 6.04. The summed E-state index contributed by atoms with van der Waals surface area (Å²) in [7, 11) is 1.26. The van der Waals surface area contributed by atoms with E-state index in [0.717, 1.165) is 5.56 Å². The van der Waals surface area contributed by atoms with Crippen molar-refractivity contribution >= 4 is 17.8 Å². The molecule has 0 saturated carbocycles. The van der Waals surface area contributed by atoms with Gasteiger partial charge >= 0.3 is 11.9 Å². The molecule has 0 spiro atoms. The van der Waals surface area contributed by atoms with E-state index >= 15 is 0 Å². The van der Waals surface area contributed by atoms with Gasteiger partial charge in [0.15, 0.2) is 11.5 Å². The Balaban J connectivity index is 1.98. The molecule has 1 unspecified atom stereocenters. The lowest BCUT2D eigenvalue weighted by atomic mass is 9.68. The van der Waals surface area contributed by atoms with Crippen LogP contribution >= 0.6 is 0 Å². The standard InChI is InChI=1S/C28H27NO5/c1-19(21-13-7-4-8-14-21)29-25(24(26(29)31)27(32)33-3)28(34-20(2)30,22-15-9-5-10-16-22)23-17-11-6-12-18-23/h4-19,24-25H,1-3H3/t19?,24-,25+/m1/s1. The molecule has 1 saturated heterocycles. The molecule has 6 nitrogen and oxygen atoms in total. The maximum atomic E-state index is 13.5. The van der Waals surface area contributed by atoms with Gasteiger partial charge in [-0.05, 0) is 12.5 Å². The molecule has 174 valence electrons. The van der Waals surface area contributed by atoms with Crippen molar-refractivity contribution in [3.05, 3.63) is 108 Å². The van der Waals surface area contributed by atoms with Crippen molar-refractivity contribution in [3.63, 3.8) is 0 Å². The van der Waals surface area contributed by atoms with Gasteiger partial charge in [0.05, 0.1) is 13.2 Å². The zero-order valence-corrected chi connectivity index (χ0v) is 19.4. The number of β-lactam (4-membered cyclic amide) rings is 1. The Bertz CT molecular complexity index is 1120. The van der Waals surface area contributed by atoms with Crippen molar-refractivity contribution < 1.29 is 23.9 Å². The van der Waals surface area contributed by atoms with Gasteiger partial charge < -0.3 is 14.4 Å². The first kappa shape index (κ1) is 23.2. The Labute approximate surface area is 199 Å². The largest absolute Gasteiger partial charge is 0.468 e. The Morgan fingerprint density at radius 1 is 0.853 bits per heavy atom. The zero-order chi connectivity index (χ0) is 24.3. The highest BCUT2D eigenvalue weighted by Crippen LogP contribution is 2.50. The normalized spacial score (nSPS) is 18.6. The van der Waals surface area contributed by atoms with Crippen LogP contribution in [0.4, 0.5) is 0 Å². The molecule has 0 radical (unpaired) electrons. The molecule has 34 heavy (non-hydrogen) atoms. The van der Waals surface area contributed by atoms with E-state index in [1.54, 1.807) is 4.90 Å². The minimum atomic E-state index is -1.43. The fourth-order valence-electron chi connectivity index (χ4n) is 4.91. The number of hydrogen-bond acceptors (Lipinski definition) is 5. The minimum absolute atomic E-state index is 0.364. The Kier molecular flexibility index (Phi) is 6.50. The zero-order valence-electron chi connectivity index (χ0n) is 19.4. The Hall–Kier alpha value is -3.93. The summed E-state index contributed by atoms with van der Waals surface area (Å²) in [4.78, 5) is 40.6. The van der Waals surface area contributed by atoms with E-state index in [9.17, 15) is 14.4 Å². The van der Waals surface area contributed by atoms with E-state index in [2.05, 4.69) is 0 Å². The third-order valence-electron chi connectivity index (χ3n) is 6.42. The lowest BCUT2D eigenvalue weighted by Gasteiger charge is -2.56. The monoisotopic (exact) mass is 457 g/mol. The number of rotatable bonds is 7. The molecule has 0 aromatic heterocycles. The van der Waals surface area contributed by atoms with Gasteiger partial charge in [0.1, 0.15) is 6.04 Å². The van der Waals surface area contributed by atoms with Gasteiger partial charge in [-0.15, -0.1) is 0 Å². The summed E-state index contributed by atoms with van der Waals surface area (Å²) in [6.07, 6.45) is 0. The van der Waals surface area contributed by atoms with E-state index in [1.807, 2.05) is 97.9 Å². The van der Waals surface area contributed by atoms with Crippen LogP contribution in [0.25, 0.3) is 0 Å². The maximum Gasteiger partial charge on any atom is 0.320 e. The molecule has 4 rings (SSSR count). The van der Waals surface area contributed by atoms with E-state index < -0.39 is 29.5 Å². The molecule has 1 fully saturated rings. The van der Waals surface area contributed by atoms with Gasteiger partial charge in [0, 0.05) is 18.1 Å². The first-order chi connectivity index (χ1) is 16.4. The smallest absolute Gasteiger partial charge is 0.320 e. The number of carbonyl (C=O) groups excluding carboxylic acids is 3. The van der Waals surface area contributed by atoms with Gasteiger partial charge in [-0.25, -0.2) is 0 Å². The molecule has 6 heteroatoms. The second-order valence-electron chi connectivity index (χ2n) is 8.34. The summed E-state index contributed by atoms with van der Waals surface area (Å²) in [5.41, 5.74) is 0.799. The fourth-order valence-corrected chi connectivity index (χ4v) is 4.91. The number of hydrogen-bond donors (Lipinski definition) is 0. The number of esters is 2. The lowest BCUT2D eigenvalue weighted by Crippen LogP contribution is -2.72. The summed E-state index contributed by atoms with van der Waals surface area (Å²) in [6.45, 7) is 3.24. The van der Waals surface area contributed by atoms with Crippen LogP contribution in [-0.4, -0.2) is 35.9 Å². The predicted molar refractivity (Wildman–Crippen MR) is 126 cm³/mol. The summed E-state index contributed by atoms with van der Waals surface area (Å²) >= 11 is 0. The molecule has 1 aliphatic heterocycles. The van der Waals surface area contributed by atoms with Gasteiger partial charge in [0.25, 0.3) is 0 Å². The second-order valence-corrected chi connectivity index (χ2v) is 8.34. The molecule has 3 aromatic rings. The van der Waals surface area contributed by atoms with Crippen molar-refractivity contribution in [2.45, 2.75) is 31.5 Å². The number of benzene rings is 3. The number of nitrogens with zero attached hydrogens (tertiary/aromatic N) is 1. The summed E-state index contributed by atoms with van der Waals surface area (Å²) in [5.74, 6) is -2.68. The molecular formula is C28H27NO5. The van der Waals surface area contributed by atoms with Crippen LogP contribution in [-0.2, 0) is 29.5 Å². The third kappa shape index (κ3) is 3.85.